The van der Waals surface area contributed by atoms with E-state index in [0.29, 0.717) is 4.90 Å². The van der Waals surface area contributed by atoms with Crippen molar-refractivity contribution in [1.29, 1.82) is 5.26 Å². The highest BCUT2D eigenvalue weighted by molar-refractivity contribution is 7.98. The van der Waals surface area contributed by atoms with Gasteiger partial charge in [-0.05, 0) is 24.0 Å². The number of rotatable bonds is 2. The standard InChI is InChI=1S/C9H8FNS/c1-12-9-3-2-7(4-5-11)6-8(9)10/h2-3,6H,4H2,1H3. The van der Waals surface area contributed by atoms with E-state index in [9.17, 15) is 4.39 Å². The zero-order valence-electron chi connectivity index (χ0n) is 6.67. The zero-order chi connectivity index (χ0) is 8.97. The van der Waals surface area contributed by atoms with Gasteiger partial charge in [-0.15, -0.1) is 11.8 Å². The number of benzene rings is 1. The second-order valence-corrected chi connectivity index (χ2v) is 3.15. The van der Waals surface area contributed by atoms with Gasteiger partial charge in [0.2, 0.25) is 0 Å². The third-order valence-corrected chi connectivity index (χ3v) is 2.27. The molecule has 0 aromatic heterocycles. The van der Waals surface area contributed by atoms with Crippen molar-refractivity contribution in [3.8, 4) is 6.07 Å². The molecule has 0 unspecified atom stereocenters. The minimum Gasteiger partial charge on any atom is -0.206 e. The first kappa shape index (κ1) is 9.08. The summed E-state index contributed by atoms with van der Waals surface area (Å²) in [6.45, 7) is 0. The SMILES string of the molecule is CSc1ccc(CC#N)cc1F. The van der Waals surface area contributed by atoms with Gasteiger partial charge >= 0.3 is 0 Å². The molecule has 0 heterocycles. The van der Waals surface area contributed by atoms with Crippen LogP contribution in [-0.4, -0.2) is 6.26 Å². The molecule has 1 rings (SSSR count). The van der Waals surface area contributed by atoms with Crippen LogP contribution in [0.1, 0.15) is 5.56 Å². The van der Waals surface area contributed by atoms with Gasteiger partial charge in [-0.3, -0.25) is 0 Å². The summed E-state index contributed by atoms with van der Waals surface area (Å²) in [6.07, 6.45) is 2.09. The second-order valence-electron chi connectivity index (χ2n) is 2.30. The van der Waals surface area contributed by atoms with Crippen LogP contribution in [0.2, 0.25) is 0 Å². The molecule has 0 aliphatic carbocycles. The van der Waals surface area contributed by atoms with E-state index in [4.69, 9.17) is 5.26 Å². The van der Waals surface area contributed by atoms with Crippen molar-refractivity contribution in [2.75, 3.05) is 6.26 Å². The van der Waals surface area contributed by atoms with Crippen LogP contribution in [-0.2, 0) is 6.42 Å². The lowest BCUT2D eigenvalue weighted by molar-refractivity contribution is 0.600. The molecule has 0 spiro atoms. The molecule has 0 aliphatic heterocycles. The van der Waals surface area contributed by atoms with Crippen LogP contribution >= 0.6 is 11.8 Å². The van der Waals surface area contributed by atoms with Gasteiger partial charge < -0.3 is 0 Å². The van der Waals surface area contributed by atoms with E-state index in [1.165, 1.54) is 17.8 Å². The Hall–Kier alpha value is -1.01. The first-order valence-corrected chi connectivity index (χ1v) is 4.69. The van der Waals surface area contributed by atoms with E-state index in [-0.39, 0.29) is 12.2 Å². The first-order valence-electron chi connectivity index (χ1n) is 3.47. The summed E-state index contributed by atoms with van der Waals surface area (Å²) >= 11 is 1.36. The molecule has 0 saturated carbocycles. The Morgan fingerprint density at radius 1 is 1.58 bits per heavy atom. The Bertz CT molecular complexity index is 317. The lowest BCUT2D eigenvalue weighted by atomic mass is 10.2. The highest BCUT2D eigenvalue weighted by atomic mass is 32.2. The second kappa shape index (κ2) is 4.13. The number of thioether (sulfide) groups is 1. The van der Waals surface area contributed by atoms with Gasteiger partial charge in [0.25, 0.3) is 0 Å². The van der Waals surface area contributed by atoms with E-state index >= 15 is 0 Å². The van der Waals surface area contributed by atoms with Crippen LogP contribution in [0.25, 0.3) is 0 Å². The molecular weight excluding hydrogens is 173 g/mol. The van der Waals surface area contributed by atoms with E-state index in [1.807, 2.05) is 12.3 Å². The van der Waals surface area contributed by atoms with Crippen molar-refractivity contribution in [3.63, 3.8) is 0 Å². The molecule has 62 valence electrons. The van der Waals surface area contributed by atoms with Gasteiger partial charge in [0.05, 0.1) is 12.5 Å². The molecule has 3 heteroatoms. The monoisotopic (exact) mass is 181 g/mol. The first-order chi connectivity index (χ1) is 5.77. The molecule has 0 bridgehead atoms. The van der Waals surface area contributed by atoms with Crippen molar-refractivity contribution in [2.24, 2.45) is 0 Å². The Kier molecular flexibility index (Phi) is 3.12. The molecular formula is C9H8FNS. The quantitative estimate of drug-likeness (QED) is 0.655. The average Bonchev–Trinajstić information content (AvgIpc) is 2.05. The number of nitrogens with zero attached hydrogens (tertiary/aromatic N) is 1. The van der Waals surface area contributed by atoms with Gasteiger partial charge in [0.1, 0.15) is 5.82 Å². The number of hydrogen-bond donors (Lipinski definition) is 0. The molecule has 0 amide bonds. The highest BCUT2D eigenvalue weighted by Gasteiger charge is 2.01. The van der Waals surface area contributed by atoms with Gasteiger partial charge in [-0.1, -0.05) is 6.07 Å². The number of hydrogen-bond acceptors (Lipinski definition) is 2. The van der Waals surface area contributed by atoms with Crippen LogP contribution in [0.3, 0.4) is 0 Å². The lowest BCUT2D eigenvalue weighted by Gasteiger charge is -1.99. The third kappa shape index (κ3) is 1.99. The molecule has 0 aliphatic rings. The molecule has 0 fully saturated rings. The van der Waals surface area contributed by atoms with E-state index in [0.717, 1.165) is 5.56 Å². The van der Waals surface area contributed by atoms with Crippen molar-refractivity contribution >= 4 is 11.8 Å². The highest BCUT2D eigenvalue weighted by Crippen LogP contribution is 2.19. The molecule has 0 saturated heterocycles. The Morgan fingerprint density at radius 2 is 2.33 bits per heavy atom. The fourth-order valence-corrected chi connectivity index (χ4v) is 1.37. The molecule has 1 aromatic carbocycles. The summed E-state index contributed by atoms with van der Waals surface area (Å²) < 4.78 is 13.0. The van der Waals surface area contributed by atoms with Crippen LogP contribution in [0.4, 0.5) is 4.39 Å². The summed E-state index contributed by atoms with van der Waals surface area (Å²) in [4.78, 5) is 0.622. The number of halogens is 1. The van der Waals surface area contributed by atoms with E-state index in [2.05, 4.69) is 0 Å². The normalized spacial score (nSPS) is 9.42. The summed E-state index contributed by atoms with van der Waals surface area (Å²) in [5, 5.41) is 8.36. The number of nitriles is 1. The Balaban J connectivity index is 2.95. The summed E-state index contributed by atoms with van der Waals surface area (Å²) in [6, 6.07) is 6.86. The van der Waals surface area contributed by atoms with Crippen LogP contribution in [0.5, 0.6) is 0 Å². The molecule has 0 N–H and O–H groups in total. The van der Waals surface area contributed by atoms with Crippen molar-refractivity contribution in [1.82, 2.24) is 0 Å². The maximum absolute atomic E-state index is 13.0. The Morgan fingerprint density at radius 3 is 2.83 bits per heavy atom. The van der Waals surface area contributed by atoms with Crippen LogP contribution in [0.15, 0.2) is 23.1 Å². The zero-order valence-corrected chi connectivity index (χ0v) is 7.49. The average molecular weight is 181 g/mol. The third-order valence-electron chi connectivity index (χ3n) is 1.50. The van der Waals surface area contributed by atoms with Crippen LogP contribution < -0.4 is 0 Å². The van der Waals surface area contributed by atoms with E-state index in [1.54, 1.807) is 12.1 Å². The molecule has 0 atom stereocenters. The van der Waals surface area contributed by atoms with E-state index < -0.39 is 0 Å². The fraction of sp³-hybridized carbons (Fsp3) is 0.222. The van der Waals surface area contributed by atoms with Crippen molar-refractivity contribution in [3.05, 3.63) is 29.6 Å². The Labute approximate surface area is 75.2 Å². The van der Waals surface area contributed by atoms with Crippen LogP contribution in [0, 0.1) is 17.1 Å². The molecule has 1 nitrogen and oxygen atoms in total. The minimum atomic E-state index is -0.241. The van der Waals surface area contributed by atoms with Crippen molar-refractivity contribution < 1.29 is 4.39 Å². The predicted octanol–water partition coefficient (Wildman–Crippen LogP) is 2.61. The van der Waals surface area contributed by atoms with Gasteiger partial charge in [-0.25, -0.2) is 4.39 Å². The predicted molar refractivity (Wildman–Crippen MR) is 47.5 cm³/mol. The van der Waals surface area contributed by atoms with Gasteiger partial charge in [-0.2, -0.15) is 5.26 Å². The minimum absolute atomic E-state index is 0.241. The van der Waals surface area contributed by atoms with Crippen molar-refractivity contribution in [2.45, 2.75) is 11.3 Å². The largest absolute Gasteiger partial charge is 0.206 e. The fourth-order valence-electron chi connectivity index (χ4n) is 0.911. The summed E-state index contributed by atoms with van der Waals surface area (Å²) in [7, 11) is 0. The maximum Gasteiger partial charge on any atom is 0.137 e. The summed E-state index contributed by atoms with van der Waals surface area (Å²) in [5.41, 5.74) is 0.729. The smallest absolute Gasteiger partial charge is 0.137 e. The topological polar surface area (TPSA) is 23.8 Å². The maximum atomic E-state index is 13.0. The lowest BCUT2D eigenvalue weighted by Crippen LogP contribution is -1.85. The van der Waals surface area contributed by atoms with Gasteiger partial charge in [0.15, 0.2) is 0 Å². The molecule has 1 aromatic rings. The molecule has 0 radical (unpaired) electrons. The molecule has 12 heavy (non-hydrogen) atoms. The van der Waals surface area contributed by atoms with Gasteiger partial charge in [0, 0.05) is 4.90 Å². The summed E-state index contributed by atoms with van der Waals surface area (Å²) in [5.74, 6) is -0.241.